The van der Waals surface area contributed by atoms with Gasteiger partial charge in [0.2, 0.25) is 11.8 Å². The van der Waals surface area contributed by atoms with Crippen molar-refractivity contribution in [2.24, 2.45) is 11.8 Å². The van der Waals surface area contributed by atoms with Crippen LogP contribution in [0.15, 0.2) is 48.6 Å². The summed E-state index contributed by atoms with van der Waals surface area (Å²) in [7, 11) is 0. The number of allylic oxidation sites excluding steroid dienone is 2. The molecular formula is C25H25ClN4O5. The molecule has 2 aromatic carbocycles. The van der Waals surface area contributed by atoms with Gasteiger partial charge in [0.15, 0.2) is 0 Å². The zero-order valence-corrected chi connectivity index (χ0v) is 19.9. The number of nitrogens with zero attached hydrogens (tertiary/aromatic N) is 2. The van der Waals surface area contributed by atoms with Gasteiger partial charge >= 0.3 is 0 Å². The van der Waals surface area contributed by atoms with Gasteiger partial charge in [-0.2, -0.15) is 0 Å². The highest BCUT2D eigenvalue weighted by atomic mass is 35.5. The van der Waals surface area contributed by atoms with Gasteiger partial charge in [-0.15, -0.1) is 0 Å². The fourth-order valence-electron chi connectivity index (χ4n) is 4.40. The number of hydrogen-bond donors (Lipinski definition) is 2. The van der Waals surface area contributed by atoms with Crippen molar-refractivity contribution in [3.05, 3.63) is 74.8 Å². The third kappa shape index (κ3) is 5.19. The minimum absolute atomic E-state index is 0.128. The van der Waals surface area contributed by atoms with Crippen LogP contribution >= 0.6 is 11.6 Å². The molecule has 2 aromatic rings. The number of halogens is 1. The second-order valence-corrected chi connectivity index (χ2v) is 9.08. The number of likely N-dealkylation sites (tertiary alicyclic amines) is 1. The van der Waals surface area contributed by atoms with Gasteiger partial charge in [-0.1, -0.05) is 29.8 Å². The third-order valence-electron chi connectivity index (χ3n) is 6.36. The van der Waals surface area contributed by atoms with E-state index in [1.54, 1.807) is 18.2 Å². The lowest BCUT2D eigenvalue weighted by atomic mass is 9.85. The van der Waals surface area contributed by atoms with Crippen LogP contribution in [0.1, 0.15) is 35.2 Å². The Bertz CT molecular complexity index is 1200. The summed E-state index contributed by atoms with van der Waals surface area (Å²) in [4.78, 5) is 50.1. The lowest BCUT2D eigenvalue weighted by molar-refractivity contribution is -0.384. The Balaban J connectivity index is 1.36. The molecule has 2 unspecified atom stereocenters. The van der Waals surface area contributed by atoms with Gasteiger partial charge in [0.05, 0.1) is 16.8 Å². The first-order valence-electron chi connectivity index (χ1n) is 11.4. The highest BCUT2D eigenvalue weighted by Crippen LogP contribution is 2.35. The minimum atomic E-state index is -0.562. The number of nitro groups is 1. The monoisotopic (exact) mass is 496 g/mol. The number of carbonyl (C=O) groups excluding carboxylic acids is 3. The summed E-state index contributed by atoms with van der Waals surface area (Å²) in [6, 6.07) is 9.25. The Morgan fingerprint density at radius 3 is 2.43 bits per heavy atom. The second kappa shape index (κ2) is 10.3. The summed E-state index contributed by atoms with van der Waals surface area (Å²) < 4.78 is 0. The maximum Gasteiger partial charge on any atom is 0.293 e. The van der Waals surface area contributed by atoms with Crippen LogP contribution in [0, 0.1) is 28.9 Å². The quantitative estimate of drug-likeness (QED) is 0.181. The number of aryl methyl sites for hydroxylation is 1. The summed E-state index contributed by atoms with van der Waals surface area (Å²) in [6.07, 6.45) is 5.50. The first-order valence-corrected chi connectivity index (χ1v) is 11.7. The normalized spacial score (nSPS) is 19.0. The molecular weight excluding hydrogens is 472 g/mol. The molecule has 1 saturated heterocycles. The van der Waals surface area contributed by atoms with Gasteiger partial charge in [0.25, 0.3) is 11.6 Å². The highest BCUT2D eigenvalue weighted by Gasteiger charge is 2.46. The molecule has 2 N–H and O–H groups in total. The average molecular weight is 497 g/mol. The Morgan fingerprint density at radius 2 is 1.80 bits per heavy atom. The van der Waals surface area contributed by atoms with Gasteiger partial charge in [-0.3, -0.25) is 29.4 Å². The number of rotatable bonds is 8. The first kappa shape index (κ1) is 24.4. The van der Waals surface area contributed by atoms with Gasteiger partial charge in [0.1, 0.15) is 5.69 Å². The van der Waals surface area contributed by atoms with Crippen molar-refractivity contribution in [3.63, 3.8) is 0 Å². The molecule has 2 aliphatic rings. The van der Waals surface area contributed by atoms with Crippen molar-refractivity contribution in [2.45, 2.75) is 26.2 Å². The molecule has 0 spiro atoms. The number of imide groups is 1. The van der Waals surface area contributed by atoms with E-state index in [1.165, 1.54) is 23.1 Å². The van der Waals surface area contributed by atoms with Gasteiger partial charge < -0.3 is 10.6 Å². The average Bonchev–Trinajstić information content (AvgIpc) is 3.09. The molecule has 9 nitrogen and oxygen atoms in total. The highest BCUT2D eigenvalue weighted by molar-refractivity contribution is 6.31. The van der Waals surface area contributed by atoms with Crippen molar-refractivity contribution in [2.75, 3.05) is 23.7 Å². The van der Waals surface area contributed by atoms with E-state index in [9.17, 15) is 24.5 Å². The largest absolute Gasteiger partial charge is 0.379 e. The van der Waals surface area contributed by atoms with E-state index in [0.29, 0.717) is 36.5 Å². The van der Waals surface area contributed by atoms with E-state index >= 15 is 0 Å². The van der Waals surface area contributed by atoms with Crippen LogP contribution in [-0.4, -0.2) is 40.6 Å². The molecule has 1 aliphatic heterocycles. The number of fused-ring (bicyclic) bond motifs is 1. The Labute approximate surface area is 207 Å². The standard InChI is InChI=1S/C25H25ClN4O5/c1-15-7-9-17(14-20(15)26)28-23(31)16-8-10-21(22(13-16)30(34)35)27-11-4-12-29-24(32)18-5-2-3-6-19(18)25(29)33/h2-3,7-10,13-14,18-19,27H,4-6,11-12H2,1H3,(H,28,31). The third-order valence-corrected chi connectivity index (χ3v) is 6.77. The number of benzene rings is 2. The molecule has 182 valence electrons. The molecule has 35 heavy (non-hydrogen) atoms. The van der Waals surface area contributed by atoms with Crippen molar-refractivity contribution < 1.29 is 19.3 Å². The lowest BCUT2D eigenvalue weighted by Crippen LogP contribution is -2.33. The van der Waals surface area contributed by atoms with Gasteiger partial charge in [-0.25, -0.2) is 0 Å². The molecule has 10 heteroatoms. The summed E-state index contributed by atoms with van der Waals surface area (Å²) in [5, 5.41) is 17.8. The van der Waals surface area contributed by atoms with E-state index in [-0.39, 0.29) is 47.1 Å². The first-order chi connectivity index (χ1) is 16.8. The van der Waals surface area contributed by atoms with Gasteiger partial charge in [0, 0.05) is 35.4 Å². The zero-order valence-electron chi connectivity index (χ0n) is 19.1. The molecule has 3 amide bonds. The number of nitrogens with one attached hydrogen (secondary N) is 2. The maximum atomic E-state index is 12.6. The topological polar surface area (TPSA) is 122 Å². The fourth-order valence-corrected chi connectivity index (χ4v) is 4.58. The van der Waals surface area contributed by atoms with Crippen LogP contribution < -0.4 is 10.6 Å². The molecule has 1 heterocycles. The number of anilines is 2. The van der Waals surface area contributed by atoms with Crippen LogP contribution in [-0.2, 0) is 9.59 Å². The smallest absolute Gasteiger partial charge is 0.293 e. The molecule has 0 saturated carbocycles. The van der Waals surface area contributed by atoms with E-state index in [2.05, 4.69) is 10.6 Å². The van der Waals surface area contributed by atoms with E-state index in [4.69, 9.17) is 11.6 Å². The van der Waals surface area contributed by atoms with E-state index in [0.717, 1.165) is 5.56 Å². The lowest BCUT2D eigenvalue weighted by Gasteiger charge is -2.15. The Morgan fingerprint density at radius 1 is 1.11 bits per heavy atom. The molecule has 2 atom stereocenters. The number of nitro benzene ring substituents is 1. The van der Waals surface area contributed by atoms with Crippen LogP contribution in [0.5, 0.6) is 0 Å². The van der Waals surface area contributed by atoms with E-state index in [1.807, 2.05) is 19.1 Å². The van der Waals surface area contributed by atoms with Crippen LogP contribution in [0.25, 0.3) is 0 Å². The predicted molar refractivity (Wildman–Crippen MR) is 132 cm³/mol. The Kier molecular flexibility index (Phi) is 7.16. The number of hydrogen-bond acceptors (Lipinski definition) is 6. The molecule has 0 aromatic heterocycles. The molecule has 0 radical (unpaired) electrons. The SMILES string of the molecule is Cc1ccc(NC(=O)c2ccc(NCCCN3C(=O)C4CC=CCC4C3=O)c([N+](=O)[O-])c2)cc1Cl. The zero-order chi connectivity index (χ0) is 25.1. The number of amides is 3. The summed E-state index contributed by atoms with van der Waals surface area (Å²) >= 11 is 6.09. The minimum Gasteiger partial charge on any atom is -0.379 e. The van der Waals surface area contributed by atoms with Gasteiger partial charge in [-0.05, 0) is 56.0 Å². The second-order valence-electron chi connectivity index (χ2n) is 8.67. The molecule has 1 fully saturated rings. The van der Waals surface area contributed by atoms with Crippen LogP contribution in [0.2, 0.25) is 5.02 Å². The molecule has 4 rings (SSSR count). The van der Waals surface area contributed by atoms with Crippen molar-refractivity contribution in [1.29, 1.82) is 0 Å². The van der Waals surface area contributed by atoms with E-state index < -0.39 is 10.8 Å². The summed E-state index contributed by atoms with van der Waals surface area (Å²) in [5.74, 6) is -1.31. The number of carbonyl (C=O) groups is 3. The van der Waals surface area contributed by atoms with Crippen LogP contribution in [0.4, 0.5) is 17.1 Å². The van der Waals surface area contributed by atoms with Crippen molar-refractivity contribution >= 4 is 46.4 Å². The van der Waals surface area contributed by atoms with Crippen molar-refractivity contribution in [3.8, 4) is 0 Å². The predicted octanol–water partition coefficient (Wildman–Crippen LogP) is 4.56. The Hall–Kier alpha value is -3.72. The van der Waals surface area contributed by atoms with Crippen molar-refractivity contribution in [1.82, 2.24) is 4.90 Å². The van der Waals surface area contributed by atoms with Crippen LogP contribution in [0.3, 0.4) is 0 Å². The fraction of sp³-hybridized carbons (Fsp3) is 0.320. The maximum absolute atomic E-state index is 12.6. The molecule has 0 bridgehead atoms. The molecule has 1 aliphatic carbocycles. The summed E-state index contributed by atoms with van der Waals surface area (Å²) in [5.41, 5.74) is 1.48. The summed E-state index contributed by atoms with van der Waals surface area (Å²) in [6.45, 7) is 2.41.